The Hall–Kier alpha value is -2.95. The van der Waals surface area contributed by atoms with Crippen molar-refractivity contribution >= 4 is 22.5 Å². The van der Waals surface area contributed by atoms with Crippen LogP contribution in [0.2, 0.25) is 0 Å². The van der Waals surface area contributed by atoms with Crippen molar-refractivity contribution in [2.24, 2.45) is 5.92 Å². The van der Waals surface area contributed by atoms with E-state index in [2.05, 4.69) is 40.5 Å². The fourth-order valence-electron chi connectivity index (χ4n) is 4.21. The minimum absolute atomic E-state index is 0.138. The molecular weight excluding hydrogens is 360 g/mol. The Morgan fingerprint density at radius 3 is 2.66 bits per heavy atom. The highest BCUT2D eigenvalue weighted by Crippen LogP contribution is 2.24. The molecular formula is C24H28N4O. The zero-order valence-electron chi connectivity index (χ0n) is 17.2. The topological polar surface area (TPSA) is 51.0 Å². The molecule has 150 valence electrons. The molecule has 0 N–H and O–H groups in total. The molecule has 3 aromatic rings. The van der Waals surface area contributed by atoms with E-state index in [4.69, 9.17) is 0 Å². The number of amides is 1. The van der Waals surface area contributed by atoms with Crippen LogP contribution in [0, 0.1) is 12.8 Å². The quantitative estimate of drug-likeness (QED) is 0.606. The molecule has 1 aliphatic rings. The molecule has 29 heavy (non-hydrogen) atoms. The molecule has 0 unspecified atom stereocenters. The van der Waals surface area contributed by atoms with E-state index in [0.29, 0.717) is 5.92 Å². The maximum absolute atomic E-state index is 12.8. The smallest absolute Gasteiger partial charge is 0.246 e. The van der Waals surface area contributed by atoms with Gasteiger partial charge < -0.3 is 9.47 Å². The number of likely N-dealkylation sites (tertiary alicyclic amines) is 1. The first-order valence-corrected chi connectivity index (χ1v) is 10.5. The summed E-state index contributed by atoms with van der Waals surface area (Å²) >= 11 is 0. The number of hydrogen-bond donors (Lipinski definition) is 0. The van der Waals surface area contributed by atoms with E-state index >= 15 is 0 Å². The molecule has 1 aromatic carbocycles. The van der Waals surface area contributed by atoms with Gasteiger partial charge in [-0.25, -0.2) is 4.98 Å². The number of aromatic nitrogens is 3. The zero-order valence-corrected chi connectivity index (χ0v) is 17.2. The van der Waals surface area contributed by atoms with Crippen LogP contribution < -0.4 is 0 Å². The van der Waals surface area contributed by atoms with Crippen LogP contribution in [-0.2, 0) is 11.3 Å². The summed E-state index contributed by atoms with van der Waals surface area (Å²) in [5.74, 6) is 1.73. The van der Waals surface area contributed by atoms with Crippen molar-refractivity contribution in [3.8, 4) is 0 Å². The van der Waals surface area contributed by atoms with Gasteiger partial charge in [0.05, 0.1) is 11.7 Å². The van der Waals surface area contributed by atoms with Gasteiger partial charge in [0.2, 0.25) is 5.91 Å². The van der Waals surface area contributed by atoms with Crippen LogP contribution in [0.15, 0.2) is 54.9 Å². The highest BCUT2D eigenvalue weighted by atomic mass is 16.2. The van der Waals surface area contributed by atoms with Gasteiger partial charge in [0.1, 0.15) is 11.3 Å². The van der Waals surface area contributed by atoms with Crippen molar-refractivity contribution in [3.05, 3.63) is 66.3 Å². The predicted octanol–water partition coefficient (Wildman–Crippen LogP) is 4.47. The van der Waals surface area contributed by atoms with Gasteiger partial charge in [-0.3, -0.25) is 9.78 Å². The second kappa shape index (κ2) is 8.60. The number of aryl methyl sites for hydroxylation is 1. The second-order valence-corrected chi connectivity index (χ2v) is 7.79. The Morgan fingerprint density at radius 2 is 1.93 bits per heavy atom. The number of imidazole rings is 1. The summed E-state index contributed by atoms with van der Waals surface area (Å²) in [5, 5.41) is 0. The third-order valence-corrected chi connectivity index (χ3v) is 5.93. The molecule has 0 atom stereocenters. The van der Waals surface area contributed by atoms with Crippen LogP contribution in [0.4, 0.5) is 0 Å². The number of rotatable bonds is 5. The minimum atomic E-state index is 0.138. The minimum Gasteiger partial charge on any atom is -0.339 e. The van der Waals surface area contributed by atoms with E-state index in [9.17, 15) is 4.79 Å². The molecule has 1 fully saturated rings. The van der Waals surface area contributed by atoms with Crippen LogP contribution in [-0.4, -0.2) is 38.4 Å². The standard InChI is InChI=1S/C24H28N4O/c1-3-20(21-7-5-4-6-8-21)15-24(29)27-13-10-19(11-14-27)17-28-18(2)26-22-16-25-12-9-23(22)28/h4-9,12,15-16,19H,3,10-11,13-14,17H2,1-2H3/b20-15-. The lowest BCUT2D eigenvalue weighted by molar-refractivity contribution is -0.127. The number of allylic oxidation sites excluding steroid dienone is 1. The summed E-state index contributed by atoms with van der Waals surface area (Å²) in [5.41, 5.74) is 4.34. The molecule has 3 heterocycles. The molecule has 5 nitrogen and oxygen atoms in total. The molecule has 1 amide bonds. The molecule has 0 aliphatic carbocycles. The highest BCUT2D eigenvalue weighted by Gasteiger charge is 2.23. The normalized spacial score (nSPS) is 15.8. The van der Waals surface area contributed by atoms with Gasteiger partial charge in [-0.1, -0.05) is 37.3 Å². The van der Waals surface area contributed by atoms with Crippen molar-refractivity contribution in [2.45, 2.75) is 39.7 Å². The van der Waals surface area contributed by atoms with Crippen LogP contribution in [0.3, 0.4) is 0 Å². The number of piperidine rings is 1. The average molecular weight is 389 g/mol. The van der Waals surface area contributed by atoms with Crippen molar-refractivity contribution in [1.82, 2.24) is 19.4 Å². The van der Waals surface area contributed by atoms with Crippen LogP contribution in [0.1, 0.15) is 37.6 Å². The number of carbonyl (C=O) groups excluding carboxylic acids is 1. The zero-order chi connectivity index (χ0) is 20.2. The third-order valence-electron chi connectivity index (χ3n) is 5.93. The van der Waals surface area contributed by atoms with Gasteiger partial charge in [-0.05, 0) is 49.3 Å². The lowest BCUT2D eigenvalue weighted by Crippen LogP contribution is -2.38. The Balaban J connectivity index is 1.39. The number of fused-ring (bicyclic) bond motifs is 1. The summed E-state index contributed by atoms with van der Waals surface area (Å²) in [7, 11) is 0. The lowest BCUT2D eigenvalue weighted by Gasteiger charge is -2.32. The van der Waals surface area contributed by atoms with Gasteiger partial charge in [-0.15, -0.1) is 0 Å². The Bertz CT molecular complexity index is 1010. The van der Waals surface area contributed by atoms with Crippen LogP contribution in [0.5, 0.6) is 0 Å². The summed E-state index contributed by atoms with van der Waals surface area (Å²) in [6.07, 6.45) is 8.38. The maximum Gasteiger partial charge on any atom is 0.246 e. The third kappa shape index (κ3) is 4.24. The summed E-state index contributed by atoms with van der Waals surface area (Å²) in [6.45, 7) is 6.75. The van der Waals surface area contributed by atoms with E-state index in [-0.39, 0.29) is 5.91 Å². The molecule has 5 heteroatoms. The number of benzene rings is 1. The molecule has 1 saturated heterocycles. The van der Waals surface area contributed by atoms with Crippen LogP contribution >= 0.6 is 0 Å². The largest absolute Gasteiger partial charge is 0.339 e. The van der Waals surface area contributed by atoms with Gasteiger partial charge in [0, 0.05) is 31.9 Å². The SMILES string of the molecule is CC/C(=C/C(=O)N1CCC(Cn2c(C)nc3cnccc32)CC1)c1ccccc1. The summed E-state index contributed by atoms with van der Waals surface area (Å²) in [6, 6.07) is 12.2. The maximum atomic E-state index is 12.8. The summed E-state index contributed by atoms with van der Waals surface area (Å²) in [4.78, 5) is 23.6. The van der Waals surface area contributed by atoms with Crippen molar-refractivity contribution in [3.63, 3.8) is 0 Å². The first kappa shape index (κ1) is 19.4. The lowest BCUT2D eigenvalue weighted by atomic mass is 9.96. The molecule has 0 spiro atoms. The van der Waals surface area contributed by atoms with Crippen molar-refractivity contribution < 1.29 is 4.79 Å². The molecule has 0 radical (unpaired) electrons. The Morgan fingerprint density at radius 1 is 1.17 bits per heavy atom. The first-order chi connectivity index (χ1) is 14.2. The fraction of sp³-hybridized carbons (Fsp3) is 0.375. The Kier molecular flexibility index (Phi) is 5.74. The van der Waals surface area contributed by atoms with Gasteiger partial charge >= 0.3 is 0 Å². The molecule has 4 rings (SSSR count). The first-order valence-electron chi connectivity index (χ1n) is 10.5. The Labute approximate surface area is 172 Å². The monoisotopic (exact) mass is 388 g/mol. The number of hydrogen-bond acceptors (Lipinski definition) is 3. The van der Waals surface area contributed by atoms with Gasteiger partial charge in [-0.2, -0.15) is 0 Å². The summed E-state index contributed by atoms with van der Waals surface area (Å²) < 4.78 is 2.30. The highest BCUT2D eigenvalue weighted by molar-refractivity contribution is 5.95. The van der Waals surface area contributed by atoms with Crippen LogP contribution in [0.25, 0.3) is 16.6 Å². The van der Waals surface area contributed by atoms with E-state index in [1.54, 1.807) is 0 Å². The number of carbonyl (C=O) groups is 1. The van der Waals surface area contributed by atoms with Gasteiger partial charge in [0.25, 0.3) is 0 Å². The fourth-order valence-corrected chi connectivity index (χ4v) is 4.21. The van der Waals surface area contributed by atoms with E-state index in [0.717, 1.165) is 66.9 Å². The molecule has 1 aliphatic heterocycles. The average Bonchev–Trinajstić information content (AvgIpc) is 3.08. The van der Waals surface area contributed by atoms with E-state index in [1.807, 2.05) is 47.6 Å². The van der Waals surface area contributed by atoms with E-state index in [1.165, 1.54) is 0 Å². The van der Waals surface area contributed by atoms with E-state index < -0.39 is 0 Å². The molecule has 0 saturated carbocycles. The van der Waals surface area contributed by atoms with Crippen molar-refractivity contribution in [1.29, 1.82) is 0 Å². The number of nitrogens with zero attached hydrogens (tertiary/aromatic N) is 4. The predicted molar refractivity (Wildman–Crippen MR) is 116 cm³/mol. The molecule has 0 bridgehead atoms. The number of pyridine rings is 1. The van der Waals surface area contributed by atoms with Gasteiger partial charge in [0.15, 0.2) is 0 Å². The van der Waals surface area contributed by atoms with Crippen molar-refractivity contribution in [2.75, 3.05) is 13.1 Å². The molecule has 2 aromatic heterocycles. The second-order valence-electron chi connectivity index (χ2n) is 7.79.